The van der Waals surface area contributed by atoms with Crippen LogP contribution in [0.5, 0.6) is 0 Å². The minimum atomic E-state index is -1.09. The Morgan fingerprint density at radius 3 is 2.95 bits per heavy atom. The largest absolute Gasteiger partial charge is 0.379 e. The number of nitrogens with one attached hydrogen (secondary N) is 1. The summed E-state index contributed by atoms with van der Waals surface area (Å²) in [5, 5.41) is 3.25. The molecule has 1 aliphatic heterocycles. The van der Waals surface area contributed by atoms with Crippen LogP contribution in [-0.4, -0.2) is 21.7 Å². The second-order valence-corrected chi connectivity index (χ2v) is 6.90. The summed E-state index contributed by atoms with van der Waals surface area (Å²) in [4.78, 5) is 14.9. The molecule has 108 valence electrons. The van der Waals surface area contributed by atoms with Gasteiger partial charge in [-0.15, -0.1) is 0 Å². The summed E-state index contributed by atoms with van der Waals surface area (Å²) < 4.78 is 0. The Labute approximate surface area is 132 Å². The number of hydrogen-bond acceptors (Lipinski definition) is 4. The van der Waals surface area contributed by atoms with E-state index < -0.39 is 10.7 Å². The molecule has 1 atom stereocenters. The van der Waals surface area contributed by atoms with Gasteiger partial charge in [-0.2, -0.15) is 0 Å². The molecule has 0 fully saturated rings. The van der Waals surface area contributed by atoms with Crippen LogP contribution in [0.3, 0.4) is 0 Å². The van der Waals surface area contributed by atoms with Crippen molar-refractivity contribution in [2.24, 2.45) is 10.7 Å². The Kier molecular flexibility index (Phi) is 4.83. The first kappa shape index (κ1) is 15.5. The molecule has 0 aromatic heterocycles. The van der Waals surface area contributed by atoms with E-state index in [1.54, 1.807) is 17.8 Å². The van der Waals surface area contributed by atoms with Crippen molar-refractivity contribution in [1.82, 2.24) is 0 Å². The van der Waals surface area contributed by atoms with E-state index in [0.717, 1.165) is 17.7 Å². The lowest BCUT2D eigenvalue weighted by Gasteiger charge is -2.30. The number of carbonyl (C=O) groups excluding carboxylic acids is 1. The van der Waals surface area contributed by atoms with Crippen LogP contribution in [0.4, 0.5) is 5.69 Å². The molecule has 1 unspecified atom stereocenters. The molecule has 0 radical (unpaired) electrons. The van der Waals surface area contributed by atoms with Crippen molar-refractivity contribution in [3.63, 3.8) is 0 Å². The van der Waals surface area contributed by atoms with Gasteiger partial charge in [-0.3, -0.25) is 9.79 Å². The maximum Gasteiger partial charge on any atom is 0.257 e. The fraction of sp³-hybridized carbons (Fsp3) is 0.385. The molecule has 2 rings (SSSR count). The number of nitrogens with zero attached hydrogens (tertiary/aromatic N) is 1. The highest BCUT2D eigenvalue weighted by Crippen LogP contribution is 2.35. The average Bonchev–Trinajstić information content (AvgIpc) is 2.38. The van der Waals surface area contributed by atoms with E-state index in [-0.39, 0.29) is 5.54 Å². The molecule has 1 heterocycles. The normalized spacial score (nSPS) is 22.5. The molecule has 4 nitrogen and oxygen atoms in total. The lowest BCUT2D eigenvalue weighted by Crippen LogP contribution is -2.29. The van der Waals surface area contributed by atoms with E-state index in [1.807, 2.05) is 25.1 Å². The summed E-state index contributed by atoms with van der Waals surface area (Å²) in [7, 11) is 0. The Morgan fingerprint density at radius 2 is 2.30 bits per heavy atom. The molecule has 3 N–H and O–H groups in total. The van der Waals surface area contributed by atoms with Crippen LogP contribution in [-0.2, 0) is 10.3 Å². The highest BCUT2D eigenvalue weighted by molar-refractivity contribution is 8.13. The van der Waals surface area contributed by atoms with Gasteiger partial charge < -0.3 is 11.1 Å². The molecule has 1 aromatic rings. The standard InChI is InChI=1S/C13H15Cl2N3OS/c1-13(5-6-20-12(16)18-13)8-3-2-4-9(7-8)17-11(19)10(14)15/h2-4,7,10H,5-6H2,1H3,(H2,16,18)(H,17,19). The second kappa shape index (κ2) is 6.24. The van der Waals surface area contributed by atoms with Crippen molar-refractivity contribution in [2.45, 2.75) is 23.7 Å². The van der Waals surface area contributed by atoms with Crippen LogP contribution in [0.15, 0.2) is 29.3 Å². The number of halogens is 2. The smallest absolute Gasteiger partial charge is 0.257 e. The molecular weight excluding hydrogens is 317 g/mol. The number of rotatable bonds is 3. The number of anilines is 1. The van der Waals surface area contributed by atoms with E-state index in [9.17, 15) is 4.79 Å². The van der Waals surface area contributed by atoms with E-state index >= 15 is 0 Å². The zero-order chi connectivity index (χ0) is 14.8. The molecule has 1 aromatic carbocycles. The molecular formula is C13H15Cl2N3OS. The van der Waals surface area contributed by atoms with E-state index in [2.05, 4.69) is 10.3 Å². The second-order valence-electron chi connectivity index (χ2n) is 4.69. The molecule has 0 saturated heterocycles. The van der Waals surface area contributed by atoms with Gasteiger partial charge in [0.25, 0.3) is 5.91 Å². The number of thioether (sulfide) groups is 1. The van der Waals surface area contributed by atoms with Crippen molar-refractivity contribution in [3.05, 3.63) is 29.8 Å². The monoisotopic (exact) mass is 331 g/mol. The molecule has 1 aliphatic rings. The number of amides is 1. The quantitative estimate of drug-likeness (QED) is 0.836. The number of hydrogen-bond donors (Lipinski definition) is 2. The topological polar surface area (TPSA) is 67.5 Å². The third kappa shape index (κ3) is 3.59. The Hall–Kier alpha value is -0.910. The SMILES string of the molecule is CC1(c2cccc(NC(=O)C(Cl)Cl)c2)CCSC(N)=N1. The van der Waals surface area contributed by atoms with Gasteiger partial charge in [-0.05, 0) is 31.0 Å². The van der Waals surface area contributed by atoms with Crippen molar-refractivity contribution in [1.29, 1.82) is 0 Å². The highest BCUT2D eigenvalue weighted by Gasteiger charge is 2.29. The minimum Gasteiger partial charge on any atom is -0.379 e. The van der Waals surface area contributed by atoms with Gasteiger partial charge in [0, 0.05) is 11.4 Å². The zero-order valence-corrected chi connectivity index (χ0v) is 13.2. The Morgan fingerprint density at radius 1 is 1.55 bits per heavy atom. The number of carbonyl (C=O) groups is 1. The van der Waals surface area contributed by atoms with Gasteiger partial charge >= 0.3 is 0 Å². The number of aliphatic imine (C=N–C) groups is 1. The van der Waals surface area contributed by atoms with E-state index in [0.29, 0.717) is 10.9 Å². The lowest BCUT2D eigenvalue weighted by molar-refractivity contribution is -0.114. The summed E-state index contributed by atoms with van der Waals surface area (Å²) in [5.41, 5.74) is 7.10. The van der Waals surface area contributed by atoms with Crippen molar-refractivity contribution in [3.8, 4) is 0 Å². The number of alkyl halides is 2. The highest BCUT2D eigenvalue weighted by atomic mass is 35.5. The van der Waals surface area contributed by atoms with Crippen LogP contribution >= 0.6 is 35.0 Å². The summed E-state index contributed by atoms with van der Waals surface area (Å²) >= 11 is 12.6. The third-order valence-electron chi connectivity index (χ3n) is 3.15. The first-order valence-electron chi connectivity index (χ1n) is 6.08. The molecule has 0 aliphatic carbocycles. The Bertz CT molecular complexity index is 550. The molecule has 0 saturated carbocycles. The Balaban J connectivity index is 2.26. The van der Waals surface area contributed by atoms with Gasteiger partial charge in [0.05, 0.1) is 5.54 Å². The van der Waals surface area contributed by atoms with Crippen molar-refractivity contribution < 1.29 is 4.79 Å². The average molecular weight is 332 g/mol. The van der Waals surface area contributed by atoms with Gasteiger partial charge in [0.15, 0.2) is 10.0 Å². The number of nitrogens with two attached hydrogens (primary N) is 1. The number of benzene rings is 1. The van der Waals surface area contributed by atoms with E-state index in [4.69, 9.17) is 28.9 Å². The fourth-order valence-corrected chi connectivity index (χ4v) is 3.11. The molecule has 20 heavy (non-hydrogen) atoms. The van der Waals surface area contributed by atoms with Gasteiger partial charge in [-0.1, -0.05) is 47.1 Å². The molecule has 1 amide bonds. The number of amidine groups is 1. The summed E-state index contributed by atoms with van der Waals surface area (Å²) in [6.07, 6.45) is 0.892. The van der Waals surface area contributed by atoms with Crippen LogP contribution in [0.1, 0.15) is 18.9 Å². The summed E-state index contributed by atoms with van der Waals surface area (Å²) in [6, 6.07) is 7.49. The van der Waals surface area contributed by atoms with E-state index in [1.165, 1.54) is 0 Å². The van der Waals surface area contributed by atoms with Crippen LogP contribution < -0.4 is 11.1 Å². The zero-order valence-electron chi connectivity index (χ0n) is 10.9. The summed E-state index contributed by atoms with van der Waals surface area (Å²) in [6.45, 7) is 2.03. The fourth-order valence-electron chi connectivity index (χ4n) is 2.02. The van der Waals surface area contributed by atoms with Gasteiger partial charge in [0.2, 0.25) is 0 Å². The maximum atomic E-state index is 11.5. The predicted octanol–water partition coefficient (Wildman–Crippen LogP) is 3.10. The van der Waals surface area contributed by atoms with Crippen LogP contribution in [0.2, 0.25) is 0 Å². The van der Waals surface area contributed by atoms with Crippen LogP contribution in [0, 0.1) is 0 Å². The van der Waals surface area contributed by atoms with Gasteiger partial charge in [0.1, 0.15) is 0 Å². The van der Waals surface area contributed by atoms with Crippen LogP contribution in [0.25, 0.3) is 0 Å². The molecule has 7 heteroatoms. The van der Waals surface area contributed by atoms with Crippen molar-refractivity contribution in [2.75, 3.05) is 11.1 Å². The minimum absolute atomic E-state index is 0.364. The first-order chi connectivity index (χ1) is 9.40. The van der Waals surface area contributed by atoms with Gasteiger partial charge in [-0.25, -0.2) is 0 Å². The predicted molar refractivity (Wildman–Crippen MR) is 86.6 cm³/mol. The molecule has 0 spiro atoms. The molecule has 0 bridgehead atoms. The third-order valence-corrected chi connectivity index (χ3v) is 4.34. The maximum absolute atomic E-state index is 11.5. The first-order valence-corrected chi connectivity index (χ1v) is 7.94. The summed E-state index contributed by atoms with van der Waals surface area (Å²) in [5.74, 6) is 0.478. The lowest BCUT2D eigenvalue weighted by atomic mass is 9.89. The van der Waals surface area contributed by atoms with Crippen molar-refractivity contribution >= 4 is 51.7 Å².